The molecule has 11 heteroatoms. The number of carboxylic acids is 3. The van der Waals surface area contributed by atoms with E-state index in [9.17, 15) is 0 Å². The molecule has 17 heavy (non-hydrogen) atoms. The molecule has 0 bridgehead atoms. The standard InChI is InChI=1S/3C2H4O2.3ClH.2Fe/c3*1-2(3)4;;;;;/h3*1H3,(H,3,4);3*1H;;/q;;;;;;2*+3/p-6. The van der Waals surface area contributed by atoms with E-state index in [4.69, 9.17) is 29.7 Å². The van der Waals surface area contributed by atoms with Gasteiger partial charge in [-0.1, -0.05) is 0 Å². The molecule has 0 rings (SSSR count). The van der Waals surface area contributed by atoms with Crippen LogP contribution in [-0.2, 0) is 48.5 Å². The Morgan fingerprint density at radius 2 is 0.588 bits per heavy atom. The van der Waals surface area contributed by atoms with Crippen LogP contribution in [0.1, 0.15) is 20.8 Å². The molecule has 0 spiro atoms. The predicted octanol–water partition coefficient (Wildman–Crippen LogP) is -12.7. The van der Waals surface area contributed by atoms with Gasteiger partial charge in [-0.3, -0.25) is 0 Å². The molecule has 0 N–H and O–H groups in total. The maximum Gasteiger partial charge on any atom is 3.00 e. The first-order valence-corrected chi connectivity index (χ1v) is 2.72. The van der Waals surface area contributed by atoms with Gasteiger partial charge in [-0.2, -0.15) is 0 Å². The number of hydrogen-bond donors (Lipinski definition) is 0. The molecule has 0 aliphatic heterocycles. The summed E-state index contributed by atoms with van der Waals surface area (Å²) in [6.07, 6.45) is 0. The summed E-state index contributed by atoms with van der Waals surface area (Å²) in [5, 5.41) is 26.7. The Bertz CT molecular complexity index is 129. The average molecular weight is 395 g/mol. The van der Waals surface area contributed by atoms with Crippen molar-refractivity contribution in [1.82, 2.24) is 0 Å². The van der Waals surface area contributed by atoms with Crippen molar-refractivity contribution < 1.29 is 101 Å². The van der Waals surface area contributed by atoms with E-state index in [-0.39, 0.29) is 71.4 Å². The minimum Gasteiger partial charge on any atom is -1.00 e. The zero-order chi connectivity index (χ0) is 10.7. The second-order valence-corrected chi connectivity index (χ2v) is 1.47. The van der Waals surface area contributed by atoms with E-state index in [0.29, 0.717) is 0 Å². The molecule has 0 unspecified atom stereocenters. The van der Waals surface area contributed by atoms with Gasteiger partial charge in [0.15, 0.2) is 0 Å². The molecule has 0 aromatic rings. The van der Waals surface area contributed by atoms with Crippen molar-refractivity contribution in [3.05, 3.63) is 0 Å². The molecule has 0 aromatic heterocycles. The number of carboxylic acid groups (broad SMARTS) is 3. The van der Waals surface area contributed by atoms with Crippen LogP contribution < -0.4 is 52.5 Å². The second-order valence-electron chi connectivity index (χ2n) is 1.47. The van der Waals surface area contributed by atoms with E-state index in [1.165, 1.54) is 0 Å². The fraction of sp³-hybridized carbons (Fsp3) is 0.500. The van der Waals surface area contributed by atoms with Crippen LogP contribution in [0.15, 0.2) is 0 Å². The molecule has 0 fully saturated rings. The van der Waals surface area contributed by atoms with E-state index in [1.54, 1.807) is 0 Å². The second kappa shape index (κ2) is 44.1. The topological polar surface area (TPSA) is 120 Å². The smallest absolute Gasteiger partial charge is 1.00 e. The normalized spacial score (nSPS) is 4.41. The van der Waals surface area contributed by atoms with Crippen molar-refractivity contribution in [2.75, 3.05) is 0 Å². The van der Waals surface area contributed by atoms with Crippen molar-refractivity contribution in [2.24, 2.45) is 0 Å². The fourth-order valence-electron chi connectivity index (χ4n) is 0. The molecule has 0 amide bonds. The first-order chi connectivity index (χ1) is 5.20. The average Bonchev–Trinajstić information content (AvgIpc) is 1.54. The molecular formula is C6H9Cl3Fe2O6. The number of carbonyl (C=O) groups excluding carboxylic acids is 3. The molecule has 6 nitrogen and oxygen atoms in total. The summed E-state index contributed by atoms with van der Waals surface area (Å²) in [5.74, 6) is -3.25. The van der Waals surface area contributed by atoms with Crippen molar-refractivity contribution in [3.63, 3.8) is 0 Å². The Morgan fingerprint density at radius 3 is 0.588 bits per heavy atom. The number of rotatable bonds is 0. The van der Waals surface area contributed by atoms with Gasteiger partial charge in [0.2, 0.25) is 0 Å². The van der Waals surface area contributed by atoms with Crippen LogP contribution in [0.2, 0.25) is 0 Å². The van der Waals surface area contributed by atoms with Crippen molar-refractivity contribution in [3.8, 4) is 0 Å². The van der Waals surface area contributed by atoms with Crippen LogP contribution in [0.25, 0.3) is 0 Å². The van der Waals surface area contributed by atoms with Gasteiger partial charge in [-0.15, -0.1) is 0 Å². The summed E-state index contributed by atoms with van der Waals surface area (Å²) >= 11 is 0. The fourth-order valence-corrected chi connectivity index (χ4v) is 0. The molecule has 0 saturated carbocycles. The minimum absolute atomic E-state index is 0. The van der Waals surface area contributed by atoms with E-state index in [2.05, 4.69) is 0 Å². The Morgan fingerprint density at radius 1 is 0.588 bits per heavy atom. The van der Waals surface area contributed by atoms with E-state index < -0.39 is 17.9 Å². The van der Waals surface area contributed by atoms with Crippen molar-refractivity contribution in [2.45, 2.75) is 20.8 Å². The van der Waals surface area contributed by atoms with Gasteiger partial charge in [0.25, 0.3) is 0 Å². The Labute approximate surface area is 139 Å². The van der Waals surface area contributed by atoms with Gasteiger partial charge < -0.3 is 66.9 Å². The summed E-state index contributed by atoms with van der Waals surface area (Å²) in [4.78, 5) is 26.7. The molecule has 0 heterocycles. The molecular weight excluding hydrogens is 386 g/mol. The molecule has 106 valence electrons. The van der Waals surface area contributed by atoms with Gasteiger partial charge in [0.05, 0.1) is 0 Å². The molecule has 0 atom stereocenters. The van der Waals surface area contributed by atoms with Gasteiger partial charge in [-0.25, -0.2) is 0 Å². The zero-order valence-corrected chi connectivity index (χ0v) is 13.3. The molecule has 0 aliphatic rings. The SMILES string of the molecule is CC(=O)[O-].CC(=O)[O-].CC(=O)[O-].[Cl-].[Cl-].[Cl-].[Fe+3].[Fe+3]. The van der Waals surface area contributed by atoms with Crippen LogP contribution in [0.5, 0.6) is 0 Å². The molecule has 0 aliphatic carbocycles. The van der Waals surface area contributed by atoms with Gasteiger partial charge in [0, 0.05) is 17.9 Å². The van der Waals surface area contributed by atoms with E-state index in [0.717, 1.165) is 20.8 Å². The number of halogens is 3. The van der Waals surface area contributed by atoms with Crippen LogP contribution >= 0.6 is 0 Å². The van der Waals surface area contributed by atoms with Crippen molar-refractivity contribution >= 4 is 17.9 Å². The third kappa shape index (κ3) is 32900. The summed E-state index contributed by atoms with van der Waals surface area (Å²) in [7, 11) is 0. The first kappa shape index (κ1) is 53.1. The summed E-state index contributed by atoms with van der Waals surface area (Å²) < 4.78 is 0. The minimum atomic E-state index is -1.08. The molecule has 0 aromatic carbocycles. The van der Waals surface area contributed by atoms with Gasteiger partial charge >= 0.3 is 34.1 Å². The van der Waals surface area contributed by atoms with Crippen LogP contribution in [0.3, 0.4) is 0 Å². The van der Waals surface area contributed by atoms with Crippen molar-refractivity contribution in [1.29, 1.82) is 0 Å². The van der Waals surface area contributed by atoms with Crippen LogP contribution in [0, 0.1) is 0 Å². The summed E-state index contributed by atoms with van der Waals surface area (Å²) in [6.45, 7) is 2.92. The first-order valence-electron chi connectivity index (χ1n) is 2.72. The predicted molar refractivity (Wildman–Crippen MR) is 32.0 cm³/mol. The maximum atomic E-state index is 8.89. The number of aliphatic carboxylic acids is 3. The Kier molecular flexibility index (Phi) is 138. The molecule has 2 radical (unpaired) electrons. The largest absolute Gasteiger partial charge is 3.00 e. The monoisotopic (exact) mass is 394 g/mol. The van der Waals surface area contributed by atoms with E-state index in [1.807, 2.05) is 0 Å². The summed E-state index contributed by atoms with van der Waals surface area (Å²) in [5.41, 5.74) is 0. The number of carbonyl (C=O) groups is 3. The zero-order valence-electron chi connectivity index (χ0n) is 8.79. The Balaban J connectivity index is -0.0000000104. The van der Waals surface area contributed by atoms with Crippen LogP contribution in [-0.4, -0.2) is 17.9 Å². The summed E-state index contributed by atoms with van der Waals surface area (Å²) in [6, 6.07) is 0. The third-order valence-electron chi connectivity index (χ3n) is 0. The van der Waals surface area contributed by atoms with E-state index >= 15 is 0 Å². The quantitative estimate of drug-likeness (QED) is 0.376. The Hall–Kier alpha value is 0.319. The molecule has 0 saturated heterocycles. The van der Waals surface area contributed by atoms with Crippen LogP contribution in [0.4, 0.5) is 0 Å². The number of hydrogen-bond acceptors (Lipinski definition) is 6. The van der Waals surface area contributed by atoms with Gasteiger partial charge in [0.1, 0.15) is 0 Å². The maximum absolute atomic E-state index is 8.89. The van der Waals surface area contributed by atoms with Gasteiger partial charge in [-0.05, 0) is 20.8 Å². The third-order valence-corrected chi connectivity index (χ3v) is 0.